The third-order valence-electron chi connectivity index (χ3n) is 19.1. The van der Waals surface area contributed by atoms with Crippen molar-refractivity contribution in [3.63, 3.8) is 0 Å². The van der Waals surface area contributed by atoms with Gasteiger partial charge in [-0.1, -0.05) is 179 Å². The van der Waals surface area contributed by atoms with E-state index in [1.807, 2.05) is 208 Å². The predicted molar refractivity (Wildman–Crippen MR) is 483 cm³/mol. The normalized spacial score (nSPS) is 10.5. The number of amides is 3. The Morgan fingerprint density at radius 2 is 0.792 bits per heavy atom. The fourth-order valence-electron chi connectivity index (χ4n) is 12.5. The molecule has 14 rings (SSSR count). The molecule has 0 radical (unpaired) electrons. The maximum atomic E-state index is 12.4. The van der Waals surface area contributed by atoms with Crippen LogP contribution in [0.3, 0.4) is 0 Å². The third-order valence-corrected chi connectivity index (χ3v) is 31.9. The summed E-state index contributed by atoms with van der Waals surface area (Å²) in [4.78, 5) is 83.4. The zero-order valence-corrected chi connectivity index (χ0v) is 75.2. The molecular weight excluding hydrogens is 1720 g/mol. The minimum Gasteiger partial charge on any atom is -0.400 e. The summed E-state index contributed by atoms with van der Waals surface area (Å²) in [5.74, 6) is 0.745. The number of unbranched alkanes of at least 4 members (excludes halogenated alkanes) is 3. The van der Waals surface area contributed by atoms with Crippen molar-refractivity contribution in [2.75, 3.05) is 40.2 Å². The Hall–Kier alpha value is -13.8. The van der Waals surface area contributed by atoms with Crippen LogP contribution in [0.25, 0.3) is 54.1 Å². The molecule has 125 heavy (non-hydrogen) atoms. The van der Waals surface area contributed by atoms with Gasteiger partial charge in [-0.3, -0.25) is 24.1 Å². The van der Waals surface area contributed by atoms with Crippen LogP contribution in [-0.4, -0.2) is 148 Å². The summed E-state index contributed by atoms with van der Waals surface area (Å²) in [5.41, 5.74) is 19.5. The van der Waals surface area contributed by atoms with E-state index in [0.717, 1.165) is 90.0 Å². The number of carbonyl (C=O) groups excluding carboxylic acids is 4. The summed E-state index contributed by atoms with van der Waals surface area (Å²) in [5, 5.41) is 75.6. The number of halogens is 1. The average molecular weight is 1820 g/mol. The third kappa shape index (κ3) is 30.3. The molecular formula is C89H106ClN25O9Sn. The Morgan fingerprint density at radius 1 is 0.472 bits per heavy atom. The van der Waals surface area contributed by atoms with Crippen LogP contribution in [0.5, 0.6) is 0 Å². The minimum absolute atomic E-state index is 0.0246. The molecule has 6 aromatic heterocycles. The number of tetrazole rings is 2. The number of benzene rings is 8. The minimum atomic E-state index is -2.45. The van der Waals surface area contributed by atoms with Crippen LogP contribution in [0, 0.1) is 22.7 Å². The topological polar surface area (TPSA) is 424 Å². The van der Waals surface area contributed by atoms with Gasteiger partial charge in [-0.25, -0.2) is 0 Å². The van der Waals surface area contributed by atoms with Gasteiger partial charge in [-0.2, -0.15) is 21.0 Å². The summed E-state index contributed by atoms with van der Waals surface area (Å²) in [7, 11) is 1.00. The van der Waals surface area contributed by atoms with Crippen LogP contribution < -0.4 is 39.4 Å². The summed E-state index contributed by atoms with van der Waals surface area (Å²) in [6.45, 7) is 16.3. The van der Waals surface area contributed by atoms with Crippen molar-refractivity contribution in [1.82, 2.24) is 81.0 Å². The molecule has 0 spiro atoms. The van der Waals surface area contributed by atoms with Gasteiger partial charge in [-0.05, 0) is 107 Å². The van der Waals surface area contributed by atoms with Crippen LogP contribution in [0.4, 0.5) is 22.7 Å². The van der Waals surface area contributed by atoms with Crippen molar-refractivity contribution in [3.05, 3.63) is 263 Å². The van der Waals surface area contributed by atoms with Crippen LogP contribution in [-0.2, 0) is 58.7 Å². The van der Waals surface area contributed by atoms with Crippen molar-refractivity contribution in [3.8, 4) is 12.1 Å². The van der Waals surface area contributed by atoms with Crippen LogP contribution in [0.15, 0.2) is 222 Å². The standard InChI is InChI=1S/2C19H19N7O2.C19H18N4O2.C16H14N4O.3C4H9.C3H5ClO.CH4O.N3.Sn/c2*1-2-19(27)25(12-18-21-23-24-22-18)16-8-9-17-15(10-16)11-20-26(17)28-13-14-6-4-3-5-7-14;1-2-19(24)22(11-10-20)17-8-9-18-16(12-17)13-21-23(18)25-14-15-6-4-3-5-7-15;17-8-9-18-15-6-7-16-14(10-15)11-19-20(16)21-12-13-4-2-1-3-5-13;3*1-3-4-2;1-2-3(4)5;1-2;1-3-2;/h2*3-11H,2,12-13H2,1H3,(H,21,22,23,24);3-9,12-13H,2,11,14H2,1H3;1-7,10-11,18H,9,12H2;3*1,3-4H2,2H3;2H2,1H3;2H,1H3;;/q;;;;;;;;;-1;+1. The van der Waals surface area contributed by atoms with E-state index in [2.05, 4.69) is 102 Å². The largest absolute Gasteiger partial charge is 0.400 e. The number of hydrogen-bond donors (Lipinski definition) is 4. The summed E-state index contributed by atoms with van der Waals surface area (Å²) >= 11 is 2.37. The van der Waals surface area contributed by atoms with E-state index in [-0.39, 0.29) is 49.1 Å². The van der Waals surface area contributed by atoms with Gasteiger partial charge >= 0.3 is 105 Å². The molecule has 0 aliphatic carbocycles. The fourth-order valence-corrected chi connectivity index (χ4v) is 24.7. The molecule has 34 nitrogen and oxygen atoms in total. The van der Waals surface area contributed by atoms with E-state index in [9.17, 15) is 19.2 Å². The number of azide groups is 1. The first kappa shape index (κ1) is 96.7. The maximum absolute atomic E-state index is 12.4. The number of aromatic nitrogens is 16. The number of aromatic amines is 2. The maximum Gasteiger partial charge on any atom is 0.142 e. The number of nitrogens with one attached hydrogen (secondary N) is 3. The number of hydrogen-bond acceptors (Lipinski definition) is 23. The van der Waals surface area contributed by atoms with Gasteiger partial charge < -0.3 is 39.6 Å². The van der Waals surface area contributed by atoms with Crippen LogP contribution in [0.2, 0.25) is 13.3 Å². The van der Waals surface area contributed by atoms with Gasteiger partial charge in [-0.15, -0.1) is 40.8 Å². The Labute approximate surface area is 734 Å². The number of nitrogens with zero attached hydrogens (tertiary/aromatic N) is 22. The van der Waals surface area contributed by atoms with E-state index in [1.54, 1.807) is 54.5 Å². The Balaban J connectivity index is 0.000000192. The molecule has 0 bridgehead atoms. The molecule has 0 saturated carbocycles. The van der Waals surface area contributed by atoms with Crippen LogP contribution in [0.1, 0.15) is 147 Å². The smallest absolute Gasteiger partial charge is 0.142 e. The SMILES string of the molecule is CCC(=O)Cl.CCC(=O)N(CC#N)c1ccc2c(cnn2OCc2ccccc2)c1.CCC(=O)N(Cc1nn[nH]n1)c1ccc2c(cnn2OCc2ccccc2)c1.CCC(=O)N(Cc1nn[nH]n1)c1ccc2c(cnn2OCc2ccccc2)c1.CCC[CH2][Sn]([CH2]CCC)([CH2]CCC)[N]=[N+]=[N-].CO.N#CCNc1ccc2c(cnn2OCc2ccccc2)c1. The number of fused-ring (bicyclic) bond motifs is 4. The zero-order chi connectivity index (χ0) is 89.4. The summed E-state index contributed by atoms with van der Waals surface area (Å²) in [6, 6.07) is 66.2. The quantitative estimate of drug-likeness (QED) is 0.00707. The van der Waals surface area contributed by atoms with Crippen molar-refractivity contribution < 1.29 is 43.6 Å². The predicted octanol–water partition coefficient (Wildman–Crippen LogP) is 16.2. The number of anilines is 4. The molecule has 36 heteroatoms. The monoisotopic (exact) mass is 1820 g/mol. The number of carbonyl (C=O) groups is 4. The van der Waals surface area contributed by atoms with Crippen LogP contribution >= 0.6 is 11.6 Å². The van der Waals surface area contributed by atoms with Gasteiger partial charge in [0.15, 0.2) is 11.6 Å². The number of H-pyrrole nitrogens is 2. The molecule has 3 amide bonds. The zero-order valence-electron chi connectivity index (χ0n) is 71.6. The van der Waals surface area contributed by atoms with Gasteiger partial charge in [0.2, 0.25) is 23.0 Å². The van der Waals surface area contributed by atoms with Gasteiger partial charge in [0.25, 0.3) is 0 Å². The van der Waals surface area contributed by atoms with Crippen molar-refractivity contribution in [2.24, 2.45) is 3.34 Å². The molecule has 0 fully saturated rings. The van der Waals surface area contributed by atoms with Crippen molar-refractivity contribution >= 4 is 120 Å². The number of aliphatic hydroxyl groups is 1. The molecule has 0 aliphatic rings. The second-order valence-electron chi connectivity index (χ2n) is 27.9. The molecule has 14 aromatic rings. The van der Waals surface area contributed by atoms with Gasteiger partial charge in [0.05, 0.1) is 50.0 Å². The average Bonchev–Trinajstić information content (AvgIpc) is 1.70. The molecule has 0 atom stereocenters. The Bertz CT molecular complexity index is 5490. The van der Waals surface area contributed by atoms with E-state index in [1.165, 1.54) is 76.1 Å². The van der Waals surface area contributed by atoms with E-state index in [0.29, 0.717) is 69.4 Å². The van der Waals surface area contributed by atoms with Crippen molar-refractivity contribution in [1.29, 1.82) is 10.5 Å². The summed E-state index contributed by atoms with van der Waals surface area (Å²) < 4.78 is 8.18. The van der Waals surface area contributed by atoms with E-state index < -0.39 is 18.7 Å². The van der Waals surface area contributed by atoms with Crippen molar-refractivity contribution in [2.45, 2.75) is 166 Å². The molecule has 8 aromatic carbocycles. The number of rotatable bonds is 36. The number of nitriles is 2. The molecule has 0 unspecified atom stereocenters. The first-order valence-electron chi connectivity index (χ1n) is 41.2. The number of aliphatic hydroxyl groups excluding tert-OH is 1. The first-order valence-corrected chi connectivity index (χ1v) is 48.9. The molecule has 6 heterocycles. The molecule has 652 valence electrons. The second kappa shape index (κ2) is 53.2. The van der Waals surface area contributed by atoms with Gasteiger partial charge in [0.1, 0.15) is 61.6 Å². The molecule has 4 N–H and O–H groups in total. The second-order valence-corrected chi connectivity index (χ2v) is 40.1. The van der Waals surface area contributed by atoms with E-state index >= 15 is 0 Å². The molecule has 0 aliphatic heterocycles. The fraction of sp³-hybridized carbons (Fsp3) is 0.326. The Morgan fingerprint density at radius 3 is 1.08 bits per heavy atom. The van der Waals surface area contributed by atoms with Gasteiger partial charge in [0, 0.05) is 77.1 Å². The summed E-state index contributed by atoms with van der Waals surface area (Å²) in [6.07, 6.45) is 15.9. The Kier molecular flexibility index (Phi) is 41.1. The molecule has 0 saturated heterocycles. The first-order chi connectivity index (χ1) is 61.1. The van der Waals surface area contributed by atoms with E-state index in [4.69, 9.17) is 52.1 Å².